The summed E-state index contributed by atoms with van der Waals surface area (Å²) >= 11 is 0. The number of halogens is 3. The molecule has 1 unspecified atom stereocenters. The Morgan fingerprint density at radius 1 is 1.24 bits per heavy atom. The molecule has 25 heavy (non-hydrogen) atoms. The summed E-state index contributed by atoms with van der Waals surface area (Å²) in [7, 11) is 1.72. The van der Waals surface area contributed by atoms with Gasteiger partial charge in [0.2, 0.25) is 0 Å². The van der Waals surface area contributed by atoms with Crippen molar-refractivity contribution in [1.29, 1.82) is 0 Å². The van der Waals surface area contributed by atoms with E-state index < -0.39 is 11.7 Å². The molecule has 1 aliphatic rings. The number of rotatable bonds is 6. The molecule has 4 nitrogen and oxygen atoms in total. The summed E-state index contributed by atoms with van der Waals surface area (Å²) in [5, 5.41) is 6.56. The van der Waals surface area contributed by atoms with Crippen molar-refractivity contribution in [3.8, 4) is 0 Å². The summed E-state index contributed by atoms with van der Waals surface area (Å²) in [5.74, 6) is 0.731. The van der Waals surface area contributed by atoms with Gasteiger partial charge in [-0.25, -0.2) is 0 Å². The zero-order valence-corrected chi connectivity index (χ0v) is 14.9. The second kappa shape index (κ2) is 9.08. The van der Waals surface area contributed by atoms with Crippen LogP contribution in [0.4, 0.5) is 13.2 Å². The third-order valence-electron chi connectivity index (χ3n) is 4.62. The molecular formula is C18H27F3N4. The predicted molar refractivity (Wildman–Crippen MR) is 94.8 cm³/mol. The molecule has 0 spiro atoms. The summed E-state index contributed by atoms with van der Waals surface area (Å²) in [5.41, 5.74) is 0.252. The molecule has 1 heterocycles. The van der Waals surface area contributed by atoms with E-state index in [1.165, 1.54) is 25.0 Å². The Bertz CT molecular complexity index is 554. The van der Waals surface area contributed by atoms with Crippen LogP contribution < -0.4 is 10.6 Å². The average molecular weight is 356 g/mol. The Morgan fingerprint density at radius 3 is 2.56 bits per heavy atom. The van der Waals surface area contributed by atoms with Gasteiger partial charge in [-0.3, -0.25) is 9.89 Å². The SMILES string of the molecule is CCN1CCCC1CNC(=NC)NCCc1ccc(C(F)(F)F)cc1. The first kappa shape index (κ1) is 19.6. The van der Waals surface area contributed by atoms with Crippen LogP contribution in [0.25, 0.3) is 0 Å². The van der Waals surface area contributed by atoms with Crippen molar-refractivity contribution in [1.82, 2.24) is 15.5 Å². The molecule has 0 radical (unpaired) electrons. The monoisotopic (exact) mass is 356 g/mol. The van der Waals surface area contributed by atoms with Gasteiger partial charge in [0.25, 0.3) is 0 Å². The standard InChI is InChI=1S/C18H27F3N4/c1-3-25-12-4-5-16(25)13-24-17(22-2)23-11-10-14-6-8-15(9-7-14)18(19,20)21/h6-9,16H,3-5,10-13H2,1-2H3,(H2,22,23,24). The fraction of sp³-hybridized carbons (Fsp3) is 0.611. The smallest absolute Gasteiger partial charge is 0.356 e. The molecule has 0 aromatic heterocycles. The molecule has 2 N–H and O–H groups in total. The van der Waals surface area contributed by atoms with Crippen molar-refractivity contribution >= 4 is 5.96 Å². The van der Waals surface area contributed by atoms with E-state index in [0.717, 1.165) is 43.3 Å². The third kappa shape index (κ3) is 5.92. The van der Waals surface area contributed by atoms with Crippen LogP contribution in [0.2, 0.25) is 0 Å². The van der Waals surface area contributed by atoms with Gasteiger partial charge in [0.1, 0.15) is 0 Å². The molecule has 1 aliphatic heterocycles. The van der Waals surface area contributed by atoms with Gasteiger partial charge in [0, 0.05) is 26.2 Å². The maximum Gasteiger partial charge on any atom is 0.416 e. The highest BCUT2D eigenvalue weighted by Crippen LogP contribution is 2.29. The normalized spacial score (nSPS) is 19.2. The quantitative estimate of drug-likeness (QED) is 0.608. The molecule has 1 fully saturated rings. The average Bonchev–Trinajstić information content (AvgIpc) is 3.05. The minimum atomic E-state index is -4.28. The summed E-state index contributed by atoms with van der Waals surface area (Å²) in [6.45, 7) is 5.87. The number of alkyl halides is 3. The molecule has 2 rings (SSSR count). The maximum absolute atomic E-state index is 12.5. The summed E-state index contributed by atoms with van der Waals surface area (Å²) < 4.78 is 37.6. The van der Waals surface area contributed by atoms with Gasteiger partial charge in [-0.2, -0.15) is 13.2 Å². The molecule has 1 aromatic carbocycles. The van der Waals surface area contributed by atoms with Crippen LogP contribution in [0.5, 0.6) is 0 Å². The first-order valence-electron chi connectivity index (χ1n) is 8.78. The first-order valence-corrected chi connectivity index (χ1v) is 8.78. The molecule has 1 aromatic rings. The molecule has 0 amide bonds. The van der Waals surface area contributed by atoms with Crippen LogP contribution in [0, 0.1) is 0 Å². The topological polar surface area (TPSA) is 39.7 Å². The Balaban J connectivity index is 1.74. The molecule has 0 saturated carbocycles. The van der Waals surface area contributed by atoms with E-state index >= 15 is 0 Å². The second-order valence-corrected chi connectivity index (χ2v) is 6.25. The summed E-state index contributed by atoms with van der Waals surface area (Å²) in [6, 6.07) is 5.85. The number of likely N-dealkylation sites (tertiary alicyclic amines) is 1. The Labute approximate surface area is 147 Å². The minimum absolute atomic E-state index is 0.540. The lowest BCUT2D eigenvalue weighted by Gasteiger charge is -2.24. The molecule has 7 heteroatoms. The first-order chi connectivity index (χ1) is 11.9. The number of benzene rings is 1. The number of nitrogens with zero attached hydrogens (tertiary/aromatic N) is 2. The fourth-order valence-corrected chi connectivity index (χ4v) is 3.16. The largest absolute Gasteiger partial charge is 0.416 e. The molecule has 1 atom stereocenters. The van der Waals surface area contributed by atoms with E-state index in [4.69, 9.17) is 0 Å². The fourth-order valence-electron chi connectivity index (χ4n) is 3.16. The van der Waals surface area contributed by atoms with Gasteiger partial charge < -0.3 is 10.6 Å². The molecule has 0 aliphatic carbocycles. The van der Waals surface area contributed by atoms with E-state index in [2.05, 4.69) is 27.4 Å². The van der Waals surface area contributed by atoms with Crippen LogP contribution in [-0.4, -0.2) is 50.1 Å². The Kier molecular flexibility index (Phi) is 7.11. The highest BCUT2D eigenvalue weighted by Gasteiger charge is 2.29. The zero-order chi connectivity index (χ0) is 18.3. The number of hydrogen-bond donors (Lipinski definition) is 2. The van der Waals surface area contributed by atoms with Crippen LogP contribution in [-0.2, 0) is 12.6 Å². The zero-order valence-electron chi connectivity index (χ0n) is 14.9. The predicted octanol–water partition coefficient (Wildman–Crippen LogP) is 2.90. The van der Waals surface area contributed by atoms with Crippen molar-refractivity contribution < 1.29 is 13.2 Å². The lowest BCUT2D eigenvalue weighted by molar-refractivity contribution is -0.137. The highest BCUT2D eigenvalue weighted by molar-refractivity contribution is 5.79. The number of nitrogens with one attached hydrogen (secondary N) is 2. The van der Waals surface area contributed by atoms with E-state index in [-0.39, 0.29) is 0 Å². The van der Waals surface area contributed by atoms with Crippen molar-refractivity contribution in [2.45, 2.75) is 38.4 Å². The van der Waals surface area contributed by atoms with Crippen LogP contribution in [0.1, 0.15) is 30.9 Å². The van der Waals surface area contributed by atoms with E-state index in [1.54, 1.807) is 7.05 Å². The van der Waals surface area contributed by atoms with Crippen LogP contribution >= 0.6 is 0 Å². The molecule has 140 valence electrons. The van der Waals surface area contributed by atoms with Gasteiger partial charge >= 0.3 is 6.18 Å². The van der Waals surface area contributed by atoms with Crippen molar-refractivity contribution in [3.63, 3.8) is 0 Å². The summed E-state index contributed by atoms with van der Waals surface area (Å²) in [6.07, 6.45) is -1.21. The van der Waals surface area contributed by atoms with Gasteiger partial charge in [0.05, 0.1) is 5.56 Å². The minimum Gasteiger partial charge on any atom is -0.356 e. The Morgan fingerprint density at radius 2 is 1.96 bits per heavy atom. The van der Waals surface area contributed by atoms with Gasteiger partial charge in [-0.15, -0.1) is 0 Å². The maximum atomic E-state index is 12.5. The summed E-state index contributed by atoms with van der Waals surface area (Å²) in [4.78, 5) is 6.67. The van der Waals surface area contributed by atoms with E-state index in [9.17, 15) is 13.2 Å². The Hall–Kier alpha value is -1.76. The lowest BCUT2D eigenvalue weighted by Crippen LogP contribution is -2.45. The van der Waals surface area contributed by atoms with Crippen molar-refractivity contribution in [2.75, 3.05) is 33.2 Å². The van der Waals surface area contributed by atoms with E-state index in [0.29, 0.717) is 19.0 Å². The highest BCUT2D eigenvalue weighted by atomic mass is 19.4. The van der Waals surface area contributed by atoms with Gasteiger partial charge in [0.15, 0.2) is 5.96 Å². The lowest BCUT2D eigenvalue weighted by atomic mass is 10.1. The number of guanidine groups is 1. The van der Waals surface area contributed by atoms with Crippen LogP contribution in [0.3, 0.4) is 0 Å². The van der Waals surface area contributed by atoms with Crippen LogP contribution in [0.15, 0.2) is 29.3 Å². The third-order valence-corrected chi connectivity index (χ3v) is 4.62. The number of hydrogen-bond acceptors (Lipinski definition) is 2. The number of likely N-dealkylation sites (N-methyl/N-ethyl adjacent to an activating group) is 1. The van der Waals surface area contributed by atoms with Gasteiger partial charge in [-0.05, 0) is 50.0 Å². The molecule has 1 saturated heterocycles. The van der Waals surface area contributed by atoms with Crippen molar-refractivity contribution in [3.05, 3.63) is 35.4 Å². The van der Waals surface area contributed by atoms with E-state index in [1.807, 2.05) is 0 Å². The van der Waals surface area contributed by atoms with Gasteiger partial charge in [-0.1, -0.05) is 19.1 Å². The second-order valence-electron chi connectivity index (χ2n) is 6.25. The molecule has 0 bridgehead atoms. The number of aliphatic imine (C=N–C) groups is 1. The van der Waals surface area contributed by atoms with Crippen molar-refractivity contribution in [2.24, 2.45) is 4.99 Å². The molecular weight excluding hydrogens is 329 g/mol.